The fourth-order valence-electron chi connectivity index (χ4n) is 2.06. The smallest absolute Gasteiger partial charge is 0.133 e. The Hall–Kier alpha value is -1.71. The highest BCUT2D eigenvalue weighted by molar-refractivity contribution is 5.28. The molecule has 0 radical (unpaired) electrons. The Morgan fingerprint density at radius 2 is 2.32 bits per heavy atom. The van der Waals surface area contributed by atoms with Crippen molar-refractivity contribution in [3.05, 3.63) is 41.1 Å². The van der Waals surface area contributed by atoms with Crippen molar-refractivity contribution in [2.24, 2.45) is 11.8 Å². The topological polar surface area (TPSA) is 33.0 Å². The molecule has 0 aliphatic heterocycles. The van der Waals surface area contributed by atoms with Crippen LogP contribution in [0.1, 0.15) is 47.0 Å². The molecule has 0 spiro atoms. The summed E-state index contributed by atoms with van der Waals surface area (Å²) in [7, 11) is 0. The van der Waals surface area contributed by atoms with Gasteiger partial charge in [0.1, 0.15) is 5.76 Å². The molecule has 2 atom stereocenters. The maximum atomic E-state index is 8.63. The number of hydrogen-bond acceptors (Lipinski definition) is 2. The van der Waals surface area contributed by atoms with Gasteiger partial charge in [0.15, 0.2) is 0 Å². The van der Waals surface area contributed by atoms with Gasteiger partial charge in [-0.15, -0.1) is 5.73 Å². The molecule has 1 aliphatic carbocycles. The fourth-order valence-corrected chi connectivity index (χ4v) is 2.06. The Morgan fingerprint density at radius 1 is 1.58 bits per heavy atom. The maximum Gasteiger partial charge on any atom is 0.133 e. The number of allylic oxidation sites excluding steroid dienone is 3. The Bertz CT molecular complexity index is 470. The predicted molar refractivity (Wildman–Crippen MR) is 78.0 cm³/mol. The summed E-state index contributed by atoms with van der Waals surface area (Å²) >= 11 is 0. The Morgan fingerprint density at radius 3 is 2.95 bits per heavy atom. The molecule has 0 aromatic rings. The van der Waals surface area contributed by atoms with Gasteiger partial charge in [0.25, 0.3) is 0 Å². The highest BCUT2D eigenvalue weighted by Gasteiger charge is 2.16. The van der Waals surface area contributed by atoms with E-state index in [1.165, 1.54) is 0 Å². The number of nitrogens with zero attached hydrogens (tertiary/aromatic N) is 1. The summed E-state index contributed by atoms with van der Waals surface area (Å²) in [6, 6.07) is 2.12. The van der Waals surface area contributed by atoms with Gasteiger partial charge in [-0.25, -0.2) is 0 Å². The Balaban J connectivity index is 2.89. The predicted octanol–water partition coefficient (Wildman–Crippen LogP) is 4.87. The first kappa shape index (κ1) is 15.3. The van der Waals surface area contributed by atoms with Crippen LogP contribution in [0.25, 0.3) is 0 Å². The average Bonchev–Trinajstić information content (AvgIpc) is 2.51. The van der Waals surface area contributed by atoms with Crippen molar-refractivity contribution in [1.82, 2.24) is 0 Å². The minimum absolute atomic E-state index is 0.403. The second-order valence-corrected chi connectivity index (χ2v) is 5.20. The summed E-state index contributed by atoms with van der Waals surface area (Å²) < 4.78 is 5.74. The fraction of sp³-hybridized carbons (Fsp3) is 0.529. The van der Waals surface area contributed by atoms with Crippen LogP contribution in [0, 0.1) is 23.2 Å². The third-order valence-corrected chi connectivity index (χ3v) is 3.34. The standard InChI is InChI=1S/C17H23NO/c1-5-6-16-11-17(15(4)8-7-14(16)3)19-12-13(2)9-10-18/h7,11-12,14,16H,5-6,9H2,1-4H3. The molecule has 0 saturated heterocycles. The van der Waals surface area contributed by atoms with Crippen molar-refractivity contribution in [2.45, 2.75) is 47.0 Å². The molecule has 102 valence electrons. The van der Waals surface area contributed by atoms with E-state index in [1.807, 2.05) is 13.8 Å². The first-order chi connectivity index (χ1) is 9.08. The molecule has 0 heterocycles. The lowest BCUT2D eigenvalue weighted by atomic mass is 9.90. The number of nitriles is 1. The lowest BCUT2D eigenvalue weighted by Crippen LogP contribution is -2.06. The molecule has 0 aromatic heterocycles. The van der Waals surface area contributed by atoms with E-state index in [1.54, 1.807) is 6.26 Å². The Labute approximate surface area is 116 Å². The van der Waals surface area contributed by atoms with Crippen LogP contribution < -0.4 is 0 Å². The van der Waals surface area contributed by atoms with Gasteiger partial charge in [-0.05, 0) is 49.8 Å². The van der Waals surface area contributed by atoms with E-state index in [-0.39, 0.29) is 0 Å². The van der Waals surface area contributed by atoms with Gasteiger partial charge in [-0.2, -0.15) is 5.26 Å². The van der Waals surface area contributed by atoms with Crippen LogP contribution >= 0.6 is 0 Å². The SMILES string of the molecule is CCCC1C=C(OC=C(C)CC#N)C(C)=C=CC1C. The van der Waals surface area contributed by atoms with Gasteiger partial charge in [0.2, 0.25) is 0 Å². The molecule has 2 unspecified atom stereocenters. The monoisotopic (exact) mass is 257 g/mol. The number of ether oxygens (including phenoxy) is 1. The summed E-state index contributed by atoms with van der Waals surface area (Å²) in [6.45, 7) is 8.34. The molecular weight excluding hydrogens is 234 g/mol. The third kappa shape index (κ3) is 4.81. The van der Waals surface area contributed by atoms with Crippen LogP contribution in [-0.2, 0) is 4.74 Å². The van der Waals surface area contributed by atoms with Crippen molar-refractivity contribution in [2.75, 3.05) is 0 Å². The highest BCUT2D eigenvalue weighted by Crippen LogP contribution is 2.27. The van der Waals surface area contributed by atoms with E-state index in [9.17, 15) is 0 Å². The Kier molecular flexibility index (Phi) is 6.19. The van der Waals surface area contributed by atoms with Crippen molar-refractivity contribution in [1.29, 1.82) is 5.26 Å². The van der Waals surface area contributed by atoms with E-state index >= 15 is 0 Å². The van der Waals surface area contributed by atoms with E-state index in [0.29, 0.717) is 18.3 Å². The summed E-state index contributed by atoms with van der Waals surface area (Å²) in [5.41, 5.74) is 5.25. The second-order valence-electron chi connectivity index (χ2n) is 5.20. The maximum absolute atomic E-state index is 8.63. The molecule has 0 aromatic carbocycles. The zero-order valence-corrected chi connectivity index (χ0v) is 12.4. The summed E-state index contributed by atoms with van der Waals surface area (Å²) in [5, 5.41) is 8.63. The van der Waals surface area contributed by atoms with Gasteiger partial charge in [-0.1, -0.05) is 20.3 Å². The zero-order chi connectivity index (χ0) is 14.3. The van der Waals surface area contributed by atoms with Crippen LogP contribution in [0.3, 0.4) is 0 Å². The quantitative estimate of drug-likeness (QED) is 0.520. The van der Waals surface area contributed by atoms with E-state index in [4.69, 9.17) is 10.00 Å². The normalized spacial score (nSPS) is 23.2. The average molecular weight is 257 g/mol. The molecule has 2 heteroatoms. The van der Waals surface area contributed by atoms with Crippen molar-refractivity contribution in [3.63, 3.8) is 0 Å². The summed E-state index contributed by atoms with van der Waals surface area (Å²) in [6.07, 6.45) is 8.74. The van der Waals surface area contributed by atoms with Gasteiger partial charge in [0, 0.05) is 5.57 Å². The molecule has 1 aliphatic rings. The van der Waals surface area contributed by atoms with Crippen LogP contribution in [0.2, 0.25) is 0 Å². The molecule has 0 fully saturated rings. The molecule has 0 amide bonds. The van der Waals surface area contributed by atoms with Gasteiger partial charge >= 0.3 is 0 Å². The molecule has 2 nitrogen and oxygen atoms in total. The van der Waals surface area contributed by atoms with E-state index in [2.05, 4.69) is 37.8 Å². The highest BCUT2D eigenvalue weighted by atomic mass is 16.5. The summed E-state index contributed by atoms with van der Waals surface area (Å²) in [5.74, 6) is 1.85. The zero-order valence-electron chi connectivity index (χ0n) is 12.4. The van der Waals surface area contributed by atoms with E-state index < -0.39 is 0 Å². The molecule has 0 bridgehead atoms. The third-order valence-electron chi connectivity index (χ3n) is 3.34. The van der Waals surface area contributed by atoms with Crippen LogP contribution in [0.15, 0.2) is 41.1 Å². The first-order valence-corrected chi connectivity index (χ1v) is 6.93. The lowest BCUT2D eigenvalue weighted by molar-refractivity contribution is 0.345. The molecule has 1 rings (SSSR count). The number of rotatable bonds is 5. The first-order valence-electron chi connectivity index (χ1n) is 6.93. The van der Waals surface area contributed by atoms with Gasteiger partial charge in [0.05, 0.1) is 18.8 Å². The van der Waals surface area contributed by atoms with Gasteiger partial charge in [-0.3, -0.25) is 0 Å². The molecule has 19 heavy (non-hydrogen) atoms. The van der Waals surface area contributed by atoms with Crippen LogP contribution in [0.5, 0.6) is 0 Å². The minimum atomic E-state index is 0.403. The largest absolute Gasteiger partial charge is 0.464 e. The lowest BCUT2D eigenvalue weighted by Gasteiger charge is -2.16. The minimum Gasteiger partial charge on any atom is -0.464 e. The van der Waals surface area contributed by atoms with Gasteiger partial charge < -0.3 is 4.74 Å². The van der Waals surface area contributed by atoms with Crippen molar-refractivity contribution in [3.8, 4) is 6.07 Å². The van der Waals surface area contributed by atoms with E-state index in [0.717, 1.165) is 29.7 Å². The second kappa shape index (κ2) is 7.67. The van der Waals surface area contributed by atoms with Crippen LogP contribution in [0.4, 0.5) is 0 Å². The molecule has 0 saturated carbocycles. The summed E-state index contributed by atoms with van der Waals surface area (Å²) in [4.78, 5) is 0. The van der Waals surface area contributed by atoms with Crippen molar-refractivity contribution < 1.29 is 4.74 Å². The van der Waals surface area contributed by atoms with Crippen molar-refractivity contribution >= 4 is 0 Å². The molecular formula is C17H23NO. The molecule has 0 N–H and O–H groups in total. The number of hydrogen-bond donors (Lipinski definition) is 0. The van der Waals surface area contributed by atoms with Crippen LogP contribution in [-0.4, -0.2) is 0 Å².